The van der Waals surface area contributed by atoms with Crippen LogP contribution in [0.5, 0.6) is 5.75 Å². The molecule has 9 heteroatoms. The van der Waals surface area contributed by atoms with Gasteiger partial charge >= 0.3 is 5.97 Å². The van der Waals surface area contributed by atoms with Gasteiger partial charge in [0.2, 0.25) is 0 Å². The molecule has 1 atom stereocenters. The fourth-order valence-corrected chi connectivity index (χ4v) is 3.55. The van der Waals surface area contributed by atoms with Crippen LogP contribution in [-0.2, 0) is 9.53 Å². The number of hydrogen-bond acceptors (Lipinski definition) is 7. The highest BCUT2D eigenvalue weighted by molar-refractivity contribution is 9.10. The lowest BCUT2D eigenvalue weighted by Gasteiger charge is -2.18. The number of nitrogens with zero attached hydrogens (tertiary/aromatic N) is 4. The van der Waals surface area contributed by atoms with Gasteiger partial charge in [0.1, 0.15) is 11.6 Å². The molecule has 33 heavy (non-hydrogen) atoms. The summed E-state index contributed by atoms with van der Waals surface area (Å²) in [4.78, 5) is 31.7. The van der Waals surface area contributed by atoms with Crippen LogP contribution in [0.15, 0.2) is 50.8 Å². The smallest absolute Gasteiger partial charge is 0.346 e. The Balaban J connectivity index is 2.12. The van der Waals surface area contributed by atoms with E-state index in [0.717, 1.165) is 10.2 Å². The van der Waals surface area contributed by atoms with Crippen molar-refractivity contribution >= 4 is 44.7 Å². The molecule has 0 saturated heterocycles. The molecular weight excluding hydrogens is 488 g/mol. The van der Waals surface area contributed by atoms with E-state index in [-0.39, 0.29) is 11.5 Å². The van der Waals surface area contributed by atoms with Gasteiger partial charge in [-0.1, -0.05) is 29.8 Å². The fraction of sp³-hybridized carbons (Fsp3) is 0.333. The molecule has 0 spiro atoms. The highest BCUT2D eigenvalue weighted by Crippen LogP contribution is 2.25. The van der Waals surface area contributed by atoms with Crippen LogP contribution in [0, 0.1) is 0 Å². The first-order chi connectivity index (χ1) is 15.6. The van der Waals surface area contributed by atoms with Gasteiger partial charge in [-0.25, -0.2) is 9.78 Å². The number of rotatable bonds is 7. The first kappa shape index (κ1) is 24.4. The van der Waals surface area contributed by atoms with Crippen LogP contribution < -0.4 is 15.2 Å². The molecular formula is C24H27BrN4O4. The first-order valence-corrected chi connectivity index (χ1v) is 11.2. The largest absolute Gasteiger partial charge is 0.478 e. The summed E-state index contributed by atoms with van der Waals surface area (Å²) in [5, 5.41) is 4.94. The van der Waals surface area contributed by atoms with Crippen LogP contribution in [0.1, 0.15) is 38.1 Å². The molecule has 0 aliphatic heterocycles. The molecule has 0 bridgehead atoms. The van der Waals surface area contributed by atoms with Crippen molar-refractivity contribution in [2.75, 3.05) is 26.1 Å². The molecule has 0 unspecified atom stereocenters. The van der Waals surface area contributed by atoms with Crippen molar-refractivity contribution in [3.05, 3.63) is 62.6 Å². The van der Waals surface area contributed by atoms with E-state index in [1.165, 1.54) is 18.0 Å². The minimum Gasteiger partial charge on any atom is -0.478 e. The Morgan fingerprint density at radius 2 is 1.91 bits per heavy atom. The van der Waals surface area contributed by atoms with E-state index in [9.17, 15) is 9.59 Å². The van der Waals surface area contributed by atoms with Gasteiger partial charge in [-0.15, -0.1) is 0 Å². The Bertz CT molecular complexity index is 1270. The summed E-state index contributed by atoms with van der Waals surface area (Å²) in [5.41, 5.74) is 1.84. The lowest BCUT2D eigenvalue weighted by molar-refractivity contribution is -0.147. The summed E-state index contributed by atoms with van der Waals surface area (Å²) in [6, 6.07) is 10.9. The number of benzene rings is 2. The van der Waals surface area contributed by atoms with Crippen LogP contribution in [0.3, 0.4) is 0 Å². The van der Waals surface area contributed by atoms with Gasteiger partial charge in [0.25, 0.3) is 5.56 Å². The number of aromatic nitrogens is 2. The Hall–Kier alpha value is -3.20. The van der Waals surface area contributed by atoms with Gasteiger partial charge in [-0.2, -0.15) is 9.78 Å². The molecule has 0 amide bonds. The molecule has 174 valence electrons. The van der Waals surface area contributed by atoms with Crippen molar-refractivity contribution in [3.8, 4) is 5.75 Å². The van der Waals surface area contributed by atoms with Gasteiger partial charge in [0, 0.05) is 41.8 Å². The SMILES string of the molecule is COC(=O)[C@H](C)Oc1cc(N(C)C)ccc1C=Nn1c(C(C)C)nc2ccc(Br)cc2c1=O. The zero-order valence-electron chi connectivity index (χ0n) is 19.5. The summed E-state index contributed by atoms with van der Waals surface area (Å²) < 4.78 is 12.7. The Morgan fingerprint density at radius 3 is 2.55 bits per heavy atom. The number of esters is 1. The third-order valence-electron chi connectivity index (χ3n) is 5.01. The first-order valence-electron chi connectivity index (χ1n) is 10.4. The molecule has 0 radical (unpaired) electrons. The Morgan fingerprint density at radius 1 is 1.18 bits per heavy atom. The van der Waals surface area contributed by atoms with Gasteiger partial charge in [0.15, 0.2) is 6.10 Å². The van der Waals surface area contributed by atoms with E-state index in [1.54, 1.807) is 19.1 Å². The van der Waals surface area contributed by atoms with Gasteiger partial charge in [-0.05, 0) is 37.3 Å². The molecule has 8 nitrogen and oxygen atoms in total. The number of methoxy groups -OCH3 is 1. The van der Waals surface area contributed by atoms with Crippen LogP contribution in [0.25, 0.3) is 10.9 Å². The van der Waals surface area contributed by atoms with Crippen molar-refractivity contribution in [1.29, 1.82) is 0 Å². The lowest BCUT2D eigenvalue weighted by Crippen LogP contribution is -2.25. The molecule has 1 aromatic heterocycles. The van der Waals surface area contributed by atoms with Crippen molar-refractivity contribution in [2.45, 2.75) is 32.8 Å². The van der Waals surface area contributed by atoms with Crippen molar-refractivity contribution in [2.24, 2.45) is 5.10 Å². The topological polar surface area (TPSA) is 86.0 Å². The molecule has 1 heterocycles. The van der Waals surface area contributed by atoms with Gasteiger partial charge < -0.3 is 14.4 Å². The highest BCUT2D eigenvalue weighted by Gasteiger charge is 2.18. The summed E-state index contributed by atoms with van der Waals surface area (Å²) in [7, 11) is 5.12. The molecule has 0 fully saturated rings. The molecule has 3 rings (SSSR count). The van der Waals surface area contributed by atoms with Gasteiger partial charge in [-0.3, -0.25) is 4.79 Å². The van der Waals surface area contributed by atoms with Crippen molar-refractivity contribution in [3.63, 3.8) is 0 Å². The third kappa shape index (κ3) is 5.42. The highest BCUT2D eigenvalue weighted by atomic mass is 79.9. The standard InChI is InChI=1S/C24H27BrN4O4/c1-14(2)22-27-20-10-8-17(25)11-19(20)23(30)29(22)26-13-16-7-9-18(28(4)5)12-21(16)33-15(3)24(31)32-6/h7-15H,1-6H3/t15-/m0/s1. The van der Waals surface area contributed by atoms with Crippen molar-refractivity contribution in [1.82, 2.24) is 9.66 Å². The normalized spacial score (nSPS) is 12.4. The van der Waals surface area contributed by atoms with Crippen LogP contribution in [-0.4, -0.2) is 49.2 Å². The van der Waals surface area contributed by atoms with Gasteiger partial charge in [0.05, 0.1) is 24.2 Å². The summed E-state index contributed by atoms with van der Waals surface area (Å²) in [6.07, 6.45) is 0.727. The maximum absolute atomic E-state index is 13.3. The van der Waals surface area contributed by atoms with E-state index in [4.69, 9.17) is 9.47 Å². The molecule has 0 aliphatic carbocycles. The molecule has 3 aromatic rings. The summed E-state index contributed by atoms with van der Waals surface area (Å²) in [5.74, 6) is 0.463. The molecule has 0 saturated carbocycles. The number of halogens is 1. The second-order valence-electron chi connectivity index (χ2n) is 8.05. The van der Waals surface area contributed by atoms with Crippen LogP contribution >= 0.6 is 15.9 Å². The Kier molecular flexibility index (Phi) is 7.53. The number of ether oxygens (including phenoxy) is 2. The second-order valence-corrected chi connectivity index (χ2v) is 8.96. The van der Waals surface area contributed by atoms with E-state index >= 15 is 0 Å². The zero-order valence-corrected chi connectivity index (χ0v) is 21.1. The minimum absolute atomic E-state index is 0.0333. The monoisotopic (exact) mass is 514 g/mol. The van der Waals surface area contributed by atoms with E-state index < -0.39 is 12.1 Å². The average Bonchev–Trinajstić information content (AvgIpc) is 2.78. The Labute approximate surface area is 201 Å². The minimum atomic E-state index is -0.812. The number of anilines is 1. The lowest BCUT2D eigenvalue weighted by atomic mass is 10.1. The quantitative estimate of drug-likeness (QED) is 0.347. The zero-order chi connectivity index (χ0) is 24.3. The van der Waals surface area contributed by atoms with E-state index in [1.807, 2.05) is 57.1 Å². The van der Waals surface area contributed by atoms with E-state index in [2.05, 4.69) is 26.0 Å². The number of carbonyl (C=O) groups excluding carboxylic acids is 1. The number of carbonyl (C=O) groups is 1. The van der Waals surface area contributed by atoms with E-state index in [0.29, 0.717) is 28.0 Å². The summed E-state index contributed by atoms with van der Waals surface area (Å²) >= 11 is 3.41. The van der Waals surface area contributed by atoms with Crippen LogP contribution in [0.4, 0.5) is 5.69 Å². The number of fused-ring (bicyclic) bond motifs is 1. The second kappa shape index (κ2) is 10.2. The van der Waals surface area contributed by atoms with Crippen LogP contribution in [0.2, 0.25) is 0 Å². The predicted molar refractivity (Wildman–Crippen MR) is 134 cm³/mol. The fourth-order valence-electron chi connectivity index (χ4n) is 3.19. The molecule has 0 N–H and O–H groups in total. The molecule has 0 aliphatic rings. The average molecular weight is 515 g/mol. The maximum Gasteiger partial charge on any atom is 0.346 e. The summed E-state index contributed by atoms with van der Waals surface area (Å²) in [6.45, 7) is 5.52. The third-order valence-corrected chi connectivity index (χ3v) is 5.51. The maximum atomic E-state index is 13.3. The predicted octanol–water partition coefficient (Wildman–Crippen LogP) is 4.17. The molecule has 2 aromatic carbocycles. The number of hydrogen-bond donors (Lipinski definition) is 0. The van der Waals surface area contributed by atoms with Crippen molar-refractivity contribution < 1.29 is 14.3 Å².